The van der Waals surface area contributed by atoms with Gasteiger partial charge < -0.3 is 15.7 Å². The third-order valence-corrected chi connectivity index (χ3v) is 5.28. The molecule has 5 heteroatoms. The summed E-state index contributed by atoms with van der Waals surface area (Å²) in [6.07, 6.45) is 3.38. The van der Waals surface area contributed by atoms with Crippen LogP contribution in [0.4, 0.5) is 4.39 Å². The van der Waals surface area contributed by atoms with E-state index in [0.29, 0.717) is 23.0 Å². The van der Waals surface area contributed by atoms with E-state index >= 15 is 0 Å². The van der Waals surface area contributed by atoms with Crippen molar-refractivity contribution in [3.05, 3.63) is 35.1 Å². The highest BCUT2D eigenvalue weighted by Gasteiger charge is 2.39. The van der Waals surface area contributed by atoms with Crippen LogP contribution in [0.15, 0.2) is 18.2 Å². The van der Waals surface area contributed by atoms with Crippen molar-refractivity contribution in [2.45, 2.75) is 44.8 Å². The van der Waals surface area contributed by atoms with Gasteiger partial charge in [0.1, 0.15) is 5.82 Å². The van der Waals surface area contributed by atoms with Crippen LogP contribution in [0, 0.1) is 24.6 Å². The van der Waals surface area contributed by atoms with E-state index in [4.69, 9.17) is 0 Å². The van der Waals surface area contributed by atoms with Gasteiger partial charge in [-0.2, -0.15) is 0 Å². The van der Waals surface area contributed by atoms with Crippen molar-refractivity contribution in [1.29, 1.82) is 0 Å². The van der Waals surface area contributed by atoms with E-state index in [-0.39, 0.29) is 23.9 Å². The minimum absolute atomic E-state index is 0.0949. The number of carbonyl (C=O) groups is 1. The van der Waals surface area contributed by atoms with E-state index in [1.165, 1.54) is 12.1 Å². The average Bonchev–Trinajstić information content (AvgIpc) is 2.50. The molecule has 1 heterocycles. The zero-order chi connectivity index (χ0) is 16.4. The highest BCUT2D eigenvalue weighted by Crippen LogP contribution is 2.36. The molecule has 1 saturated carbocycles. The lowest BCUT2D eigenvalue weighted by Crippen LogP contribution is -2.53. The predicted octanol–water partition coefficient (Wildman–Crippen LogP) is 2.00. The molecule has 4 nitrogen and oxygen atoms in total. The lowest BCUT2D eigenvalue weighted by molar-refractivity contribution is 0.00918. The van der Waals surface area contributed by atoms with Gasteiger partial charge in [0.05, 0.1) is 6.10 Å². The fourth-order valence-electron chi connectivity index (χ4n) is 3.86. The summed E-state index contributed by atoms with van der Waals surface area (Å²) >= 11 is 0. The molecule has 1 aliphatic heterocycles. The first-order valence-corrected chi connectivity index (χ1v) is 8.50. The smallest absolute Gasteiger partial charge is 0.251 e. The number of benzene rings is 1. The van der Waals surface area contributed by atoms with Gasteiger partial charge >= 0.3 is 0 Å². The van der Waals surface area contributed by atoms with Crippen LogP contribution < -0.4 is 10.6 Å². The number of nitrogens with one attached hydrogen (secondary N) is 2. The molecule has 0 unspecified atom stereocenters. The van der Waals surface area contributed by atoms with Crippen LogP contribution in [0.5, 0.6) is 0 Å². The van der Waals surface area contributed by atoms with Crippen molar-refractivity contribution >= 4 is 5.91 Å². The second kappa shape index (κ2) is 6.97. The van der Waals surface area contributed by atoms with Gasteiger partial charge in [-0.15, -0.1) is 0 Å². The van der Waals surface area contributed by atoms with Gasteiger partial charge in [-0.25, -0.2) is 4.39 Å². The Morgan fingerprint density at radius 2 is 2.00 bits per heavy atom. The maximum Gasteiger partial charge on any atom is 0.251 e. The zero-order valence-electron chi connectivity index (χ0n) is 13.5. The molecular formula is C18H25FN2O2. The predicted molar refractivity (Wildman–Crippen MR) is 86.7 cm³/mol. The van der Waals surface area contributed by atoms with Gasteiger partial charge in [-0.1, -0.05) is 0 Å². The molecule has 2 fully saturated rings. The highest BCUT2D eigenvalue weighted by atomic mass is 19.1. The van der Waals surface area contributed by atoms with Crippen LogP contribution in [-0.2, 0) is 0 Å². The second-order valence-corrected chi connectivity index (χ2v) is 6.93. The number of aliphatic hydroxyl groups is 1. The lowest BCUT2D eigenvalue weighted by Gasteiger charge is -2.43. The van der Waals surface area contributed by atoms with Crippen LogP contribution in [0.2, 0.25) is 0 Å². The number of hydrogen-bond donors (Lipinski definition) is 3. The molecule has 1 aromatic carbocycles. The number of amides is 1. The van der Waals surface area contributed by atoms with E-state index in [1.807, 2.05) is 0 Å². The average molecular weight is 320 g/mol. The van der Waals surface area contributed by atoms with Crippen LogP contribution in [-0.4, -0.2) is 36.2 Å². The van der Waals surface area contributed by atoms with Crippen LogP contribution in [0.3, 0.4) is 0 Å². The van der Waals surface area contributed by atoms with Crippen molar-refractivity contribution in [1.82, 2.24) is 10.6 Å². The minimum atomic E-state index is -0.323. The second-order valence-electron chi connectivity index (χ2n) is 6.93. The fraction of sp³-hybridized carbons (Fsp3) is 0.611. The van der Waals surface area contributed by atoms with E-state index in [9.17, 15) is 14.3 Å². The molecular weight excluding hydrogens is 295 g/mol. The number of aliphatic hydroxyl groups excluding tert-OH is 1. The van der Waals surface area contributed by atoms with Crippen molar-refractivity contribution < 1.29 is 14.3 Å². The number of halogens is 1. The molecule has 1 aromatic rings. The Morgan fingerprint density at radius 1 is 1.30 bits per heavy atom. The third kappa shape index (κ3) is 3.72. The molecule has 0 radical (unpaired) electrons. The highest BCUT2D eigenvalue weighted by molar-refractivity contribution is 5.95. The summed E-state index contributed by atoms with van der Waals surface area (Å²) in [5.41, 5.74) is 1.19. The Balaban J connectivity index is 1.73. The van der Waals surface area contributed by atoms with E-state index < -0.39 is 0 Å². The molecule has 3 N–H and O–H groups in total. The summed E-state index contributed by atoms with van der Waals surface area (Å²) in [4.78, 5) is 12.6. The maximum atomic E-state index is 13.2. The van der Waals surface area contributed by atoms with Crippen LogP contribution >= 0.6 is 0 Å². The Kier molecular flexibility index (Phi) is 4.97. The van der Waals surface area contributed by atoms with Gasteiger partial charge in [0, 0.05) is 11.6 Å². The maximum absolute atomic E-state index is 13.2. The summed E-state index contributed by atoms with van der Waals surface area (Å²) in [6, 6.07) is 4.36. The molecule has 0 bridgehead atoms. The molecule has 126 valence electrons. The Morgan fingerprint density at radius 3 is 2.61 bits per heavy atom. The molecule has 1 atom stereocenters. The topological polar surface area (TPSA) is 61.4 Å². The standard InChI is InChI=1S/C18H25FN2O2/c1-11-8-14(19)2-3-16(11)18(23)21-17(13-9-15(22)10-13)12-4-6-20-7-5-12/h2-3,8,12-13,15,17,20,22H,4-7,9-10H2,1H3,(H,21,23)/t13?,15?,17-/m1/s1. The summed E-state index contributed by atoms with van der Waals surface area (Å²) in [5, 5.41) is 16.2. The first-order chi connectivity index (χ1) is 11.0. The summed E-state index contributed by atoms with van der Waals surface area (Å²) in [7, 11) is 0. The molecule has 1 aliphatic carbocycles. The van der Waals surface area contributed by atoms with Crippen molar-refractivity contribution in [3.8, 4) is 0 Å². The van der Waals surface area contributed by atoms with Gasteiger partial charge in [-0.3, -0.25) is 4.79 Å². The fourth-order valence-corrected chi connectivity index (χ4v) is 3.86. The number of carbonyl (C=O) groups excluding carboxylic acids is 1. The monoisotopic (exact) mass is 320 g/mol. The van der Waals surface area contributed by atoms with Crippen molar-refractivity contribution in [2.24, 2.45) is 11.8 Å². The lowest BCUT2D eigenvalue weighted by atomic mass is 9.71. The summed E-state index contributed by atoms with van der Waals surface area (Å²) in [6.45, 7) is 3.70. The zero-order valence-corrected chi connectivity index (χ0v) is 13.5. The van der Waals surface area contributed by atoms with Crippen LogP contribution in [0.25, 0.3) is 0 Å². The molecule has 1 amide bonds. The normalized spacial score (nSPS) is 26.4. The Bertz CT molecular complexity index is 566. The molecule has 0 aromatic heterocycles. The third-order valence-electron chi connectivity index (χ3n) is 5.28. The van der Waals surface area contributed by atoms with Gasteiger partial charge in [0.25, 0.3) is 5.91 Å². The summed E-state index contributed by atoms with van der Waals surface area (Å²) < 4.78 is 13.2. The molecule has 23 heavy (non-hydrogen) atoms. The SMILES string of the molecule is Cc1cc(F)ccc1C(=O)N[C@H](C1CCNCC1)C1CC(O)C1. The molecule has 1 saturated heterocycles. The first-order valence-electron chi connectivity index (χ1n) is 8.50. The molecule has 3 rings (SSSR count). The Labute approximate surface area is 136 Å². The Hall–Kier alpha value is -1.46. The van der Waals surface area contributed by atoms with Gasteiger partial charge in [0.15, 0.2) is 0 Å². The largest absolute Gasteiger partial charge is 0.393 e. The van der Waals surface area contributed by atoms with E-state index in [0.717, 1.165) is 38.8 Å². The molecule has 0 spiro atoms. The number of aryl methyl sites for hydroxylation is 1. The quantitative estimate of drug-likeness (QED) is 0.795. The summed E-state index contributed by atoms with van der Waals surface area (Å²) in [5.74, 6) is 0.333. The van der Waals surface area contributed by atoms with Crippen molar-refractivity contribution in [3.63, 3.8) is 0 Å². The van der Waals surface area contributed by atoms with E-state index in [2.05, 4.69) is 10.6 Å². The molecule has 2 aliphatic rings. The number of piperidine rings is 1. The number of rotatable bonds is 4. The first kappa shape index (κ1) is 16.4. The van der Waals surface area contributed by atoms with Gasteiger partial charge in [0.2, 0.25) is 0 Å². The van der Waals surface area contributed by atoms with Crippen LogP contribution in [0.1, 0.15) is 41.6 Å². The van der Waals surface area contributed by atoms with E-state index in [1.54, 1.807) is 13.0 Å². The van der Waals surface area contributed by atoms with Gasteiger partial charge in [-0.05, 0) is 81.3 Å². The number of hydrogen-bond acceptors (Lipinski definition) is 3. The minimum Gasteiger partial charge on any atom is -0.393 e. The van der Waals surface area contributed by atoms with Crippen molar-refractivity contribution in [2.75, 3.05) is 13.1 Å².